The SMILES string of the molecule is COc1ccc(C2(O)CCCN(c3c(N)c(=O)c3=O)C2)cc1OC. The number of rotatable bonds is 4. The number of nitrogens with two attached hydrogens (primary N) is 1. The van der Waals surface area contributed by atoms with Crippen LogP contribution in [-0.4, -0.2) is 32.4 Å². The van der Waals surface area contributed by atoms with E-state index in [0.29, 0.717) is 36.4 Å². The lowest BCUT2D eigenvalue weighted by Crippen LogP contribution is -2.51. The molecule has 24 heavy (non-hydrogen) atoms. The smallest absolute Gasteiger partial charge is 0.253 e. The fourth-order valence-electron chi connectivity index (χ4n) is 3.30. The zero-order valence-electron chi connectivity index (χ0n) is 13.7. The second-order valence-electron chi connectivity index (χ2n) is 6.05. The van der Waals surface area contributed by atoms with Crippen LogP contribution in [0.5, 0.6) is 11.5 Å². The van der Waals surface area contributed by atoms with Gasteiger partial charge >= 0.3 is 0 Å². The van der Waals surface area contributed by atoms with Crippen molar-refractivity contribution < 1.29 is 14.6 Å². The Labute approximate surface area is 138 Å². The standard InChI is InChI=1S/C17H20N2O5/c1-23-11-5-4-10(8-12(11)24-2)17(22)6-3-7-19(9-17)14-13(18)15(20)16(14)21/h4-5,8,22H,3,6-7,9,18H2,1-2H3. The number of piperidine rings is 1. The molecule has 0 bridgehead atoms. The molecule has 1 unspecified atom stereocenters. The van der Waals surface area contributed by atoms with E-state index in [0.717, 1.165) is 0 Å². The van der Waals surface area contributed by atoms with Crippen LogP contribution in [0.1, 0.15) is 18.4 Å². The van der Waals surface area contributed by atoms with Crippen molar-refractivity contribution >= 4 is 11.4 Å². The molecule has 1 atom stereocenters. The van der Waals surface area contributed by atoms with E-state index in [2.05, 4.69) is 0 Å². The molecule has 1 aliphatic heterocycles. The number of methoxy groups -OCH3 is 2. The van der Waals surface area contributed by atoms with E-state index in [9.17, 15) is 14.7 Å². The Morgan fingerprint density at radius 2 is 1.88 bits per heavy atom. The normalized spacial score (nSPS) is 21.0. The molecule has 3 N–H and O–H groups in total. The van der Waals surface area contributed by atoms with Crippen molar-refractivity contribution in [1.82, 2.24) is 0 Å². The van der Waals surface area contributed by atoms with E-state index >= 15 is 0 Å². The lowest BCUT2D eigenvalue weighted by atomic mass is 9.85. The molecule has 0 radical (unpaired) electrons. The molecule has 0 saturated carbocycles. The summed E-state index contributed by atoms with van der Waals surface area (Å²) in [4.78, 5) is 24.8. The van der Waals surface area contributed by atoms with Gasteiger partial charge in [-0.15, -0.1) is 0 Å². The summed E-state index contributed by atoms with van der Waals surface area (Å²) in [5.41, 5.74) is 4.13. The molecule has 7 heteroatoms. The fourth-order valence-corrected chi connectivity index (χ4v) is 3.30. The number of nitrogens with zero attached hydrogens (tertiary/aromatic N) is 1. The highest BCUT2D eigenvalue weighted by molar-refractivity contribution is 5.73. The topological polar surface area (TPSA) is 102 Å². The maximum atomic E-state index is 11.8. The van der Waals surface area contributed by atoms with Gasteiger partial charge in [0.25, 0.3) is 10.9 Å². The second kappa shape index (κ2) is 5.83. The highest BCUT2D eigenvalue weighted by atomic mass is 16.5. The third-order valence-corrected chi connectivity index (χ3v) is 4.63. The number of benzene rings is 1. The monoisotopic (exact) mass is 332 g/mol. The van der Waals surface area contributed by atoms with E-state index in [1.54, 1.807) is 30.2 Å². The molecule has 0 amide bonds. The summed E-state index contributed by atoms with van der Waals surface area (Å²) in [6, 6.07) is 5.24. The van der Waals surface area contributed by atoms with Crippen LogP contribution in [-0.2, 0) is 5.60 Å². The predicted octanol–water partition coefficient (Wildman–Crippen LogP) is 0.370. The first-order valence-electron chi connectivity index (χ1n) is 7.70. The summed E-state index contributed by atoms with van der Waals surface area (Å²) < 4.78 is 10.5. The van der Waals surface area contributed by atoms with Crippen LogP contribution in [0.2, 0.25) is 0 Å². The van der Waals surface area contributed by atoms with Crippen molar-refractivity contribution in [2.45, 2.75) is 18.4 Å². The number of β-amino-alcohol motifs (C(OH)–C–C–N with tert-alkyl or cyclic N) is 1. The Bertz CT molecular complexity index is 840. The molecule has 7 nitrogen and oxygen atoms in total. The Hall–Kier alpha value is -2.54. The highest BCUT2D eigenvalue weighted by Gasteiger charge is 2.38. The highest BCUT2D eigenvalue weighted by Crippen LogP contribution is 2.38. The van der Waals surface area contributed by atoms with E-state index < -0.39 is 16.5 Å². The first kappa shape index (κ1) is 16.3. The summed E-state index contributed by atoms with van der Waals surface area (Å²) in [5, 5.41) is 11.1. The summed E-state index contributed by atoms with van der Waals surface area (Å²) in [6.07, 6.45) is 1.21. The number of hydrogen-bond acceptors (Lipinski definition) is 7. The zero-order chi connectivity index (χ0) is 17.5. The molecular formula is C17H20N2O5. The van der Waals surface area contributed by atoms with Gasteiger partial charge in [-0.2, -0.15) is 0 Å². The predicted molar refractivity (Wildman–Crippen MR) is 90.7 cm³/mol. The Morgan fingerprint density at radius 3 is 2.50 bits per heavy atom. The van der Waals surface area contributed by atoms with Crippen LogP contribution in [0.15, 0.2) is 27.8 Å². The third kappa shape index (κ3) is 2.41. The van der Waals surface area contributed by atoms with Crippen molar-refractivity contribution in [2.24, 2.45) is 0 Å². The van der Waals surface area contributed by atoms with Crippen LogP contribution in [0.3, 0.4) is 0 Å². The molecule has 0 aromatic heterocycles. The van der Waals surface area contributed by atoms with E-state index in [1.165, 1.54) is 7.11 Å². The maximum absolute atomic E-state index is 11.8. The van der Waals surface area contributed by atoms with Gasteiger partial charge in [0.1, 0.15) is 17.0 Å². The van der Waals surface area contributed by atoms with Crippen molar-refractivity contribution in [3.63, 3.8) is 0 Å². The minimum absolute atomic E-state index is 0.0171. The number of nitrogen functional groups attached to an aromatic ring is 1. The van der Waals surface area contributed by atoms with Gasteiger partial charge in [-0.25, -0.2) is 0 Å². The summed E-state index contributed by atoms with van der Waals surface area (Å²) >= 11 is 0. The van der Waals surface area contributed by atoms with Gasteiger partial charge in [-0.3, -0.25) is 9.59 Å². The van der Waals surface area contributed by atoms with Crippen molar-refractivity contribution in [3.8, 4) is 11.5 Å². The number of ether oxygens (including phenoxy) is 2. The minimum atomic E-state index is -1.16. The second-order valence-corrected chi connectivity index (χ2v) is 6.05. The Morgan fingerprint density at radius 1 is 1.17 bits per heavy atom. The average molecular weight is 332 g/mol. The third-order valence-electron chi connectivity index (χ3n) is 4.63. The van der Waals surface area contributed by atoms with Gasteiger partial charge in [0.2, 0.25) is 0 Å². The molecule has 2 aromatic carbocycles. The van der Waals surface area contributed by atoms with Gasteiger partial charge in [-0.05, 0) is 30.5 Å². The van der Waals surface area contributed by atoms with Crippen molar-refractivity contribution in [2.75, 3.05) is 37.9 Å². The molecule has 1 heterocycles. The first-order chi connectivity index (χ1) is 11.4. The van der Waals surface area contributed by atoms with Crippen molar-refractivity contribution in [3.05, 3.63) is 44.2 Å². The number of hydrogen-bond donors (Lipinski definition) is 2. The largest absolute Gasteiger partial charge is 0.493 e. The van der Waals surface area contributed by atoms with Gasteiger partial charge in [0.05, 0.1) is 20.8 Å². The summed E-state index contributed by atoms with van der Waals surface area (Å²) in [7, 11) is 3.08. The van der Waals surface area contributed by atoms with E-state index in [4.69, 9.17) is 15.2 Å². The quantitative estimate of drug-likeness (QED) is 0.780. The molecule has 128 valence electrons. The number of anilines is 2. The van der Waals surface area contributed by atoms with E-state index in [-0.39, 0.29) is 17.9 Å². The van der Waals surface area contributed by atoms with Gasteiger partial charge in [-0.1, -0.05) is 6.07 Å². The summed E-state index contributed by atoms with van der Waals surface area (Å²) in [6.45, 7) is 0.766. The van der Waals surface area contributed by atoms with E-state index in [1.807, 2.05) is 0 Å². The molecule has 1 saturated heterocycles. The number of aliphatic hydroxyl groups is 1. The zero-order valence-corrected chi connectivity index (χ0v) is 13.7. The molecule has 3 rings (SSSR count). The van der Waals surface area contributed by atoms with Crippen LogP contribution < -0.4 is 31.0 Å². The van der Waals surface area contributed by atoms with Gasteiger partial charge in [0.15, 0.2) is 11.5 Å². The van der Waals surface area contributed by atoms with Crippen molar-refractivity contribution in [1.29, 1.82) is 0 Å². The average Bonchev–Trinajstić information content (AvgIpc) is 2.61. The lowest BCUT2D eigenvalue weighted by molar-refractivity contribution is 0.0216. The fraction of sp³-hybridized carbons (Fsp3) is 0.412. The first-order valence-corrected chi connectivity index (χ1v) is 7.70. The van der Waals surface area contributed by atoms with Crippen LogP contribution in [0, 0.1) is 0 Å². The molecule has 0 spiro atoms. The minimum Gasteiger partial charge on any atom is -0.493 e. The molecule has 0 aliphatic carbocycles. The molecule has 2 aromatic rings. The Kier molecular flexibility index (Phi) is 3.96. The lowest BCUT2D eigenvalue weighted by Gasteiger charge is -2.41. The van der Waals surface area contributed by atoms with Gasteiger partial charge < -0.3 is 25.2 Å². The molecular weight excluding hydrogens is 312 g/mol. The van der Waals surface area contributed by atoms with Crippen LogP contribution in [0.25, 0.3) is 0 Å². The molecule has 1 fully saturated rings. The van der Waals surface area contributed by atoms with Crippen LogP contribution in [0.4, 0.5) is 11.4 Å². The molecule has 1 aliphatic rings. The van der Waals surface area contributed by atoms with Gasteiger partial charge in [0, 0.05) is 6.54 Å². The Balaban J connectivity index is 1.93. The summed E-state index contributed by atoms with van der Waals surface area (Å²) in [5.74, 6) is 1.10. The maximum Gasteiger partial charge on any atom is 0.253 e. The van der Waals surface area contributed by atoms with Crippen LogP contribution >= 0.6 is 0 Å².